The van der Waals surface area contributed by atoms with Crippen molar-refractivity contribution in [2.24, 2.45) is 0 Å². The van der Waals surface area contributed by atoms with Crippen molar-refractivity contribution in [1.82, 2.24) is 15.4 Å². The minimum atomic E-state index is -0.0951. The molecular weight excluding hydrogens is 256 g/mol. The number of benzene rings is 1. The Balaban J connectivity index is 1.75. The van der Waals surface area contributed by atoms with Crippen LogP contribution in [-0.4, -0.2) is 21.3 Å². The van der Waals surface area contributed by atoms with E-state index >= 15 is 0 Å². The summed E-state index contributed by atoms with van der Waals surface area (Å²) in [6.07, 6.45) is 1.98. The van der Waals surface area contributed by atoms with E-state index in [1.165, 1.54) is 0 Å². The van der Waals surface area contributed by atoms with Gasteiger partial charge in [-0.1, -0.05) is 5.16 Å². The van der Waals surface area contributed by atoms with Gasteiger partial charge in [0, 0.05) is 16.6 Å². The first-order valence-corrected chi connectivity index (χ1v) is 6.28. The third-order valence-electron chi connectivity index (χ3n) is 3.24. The van der Waals surface area contributed by atoms with E-state index in [9.17, 15) is 4.79 Å². The lowest BCUT2D eigenvalue weighted by molar-refractivity contribution is -0.115. The number of carbonyl (C=O) groups excluding carboxylic acids is 1. The van der Waals surface area contributed by atoms with E-state index < -0.39 is 0 Å². The van der Waals surface area contributed by atoms with E-state index in [1.807, 2.05) is 25.1 Å². The monoisotopic (exact) mass is 270 g/mol. The first-order valence-electron chi connectivity index (χ1n) is 6.28. The van der Waals surface area contributed by atoms with Gasteiger partial charge in [0.05, 0.1) is 23.8 Å². The molecule has 0 bridgehead atoms. The van der Waals surface area contributed by atoms with E-state index in [2.05, 4.69) is 20.7 Å². The Morgan fingerprint density at radius 1 is 1.40 bits per heavy atom. The number of rotatable bonds is 3. The topological polar surface area (TPSA) is 83.8 Å². The number of carbonyl (C=O) groups is 1. The van der Waals surface area contributed by atoms with Crippen molar-refractivity contribution in [1.29, 1.82) is 0 Å². The fourth-order valence-corrected chi connectivity index (χ4v) is 2.14. The van der Waals surface area contributed by atoms with Gasteiger partial charge >= 0.3 is 0 Å². The van der Waals surface area contributed by atoms with E-state index in [-0.39, 0.29) is 12.3 Å². The van der Waals surface area contributed by atoms with Crippen LogP contribution in [0.2, 0.25) is 0 Å². The van der Waals surface area contributed by atoms with Crippen LogP contribution in [0.3, 0.4) is 0 Å². The van der Waals surface area contributed by atoms with Crippen molar-refractivity contribution >= 4 is 22.5 Å². The van der Waals surface area contributed by atoms with Crippen LogP contribution < -0.4 is 5.32 Å². The molecule has 0 aliphatic carbocycles. The second kappa shape index (κ2) is 4.80. The summed E-state index contributed by atoms with van der Waals surface area (Å²) in [5.74, 6) is 0.588. The lowest BCUT2D eigenvalue weighted by Crippen LogP contribution is -2.15. The number of hydrogen-bond donors (Lipinski definition) is 2. The molecule has 3 aromatic rings. The second-order valence-corrected chi connectivity index (χ2v) is 4.70. The van der Waals surface area contributed by atoms with Crippen LogP contribution in [0.1, 0.15) is 17.0 Å². The zero-order valence-corrected chi connectivity index (χ0v) is 11.2. The van der Waals surface area contributed by atoms with Gasteiger partial charge in [-0.25, -0.2) is 0 Å². The number of hydrogen-bond acceptors (Lipinski definition) is 4. The third-order valence-corrected chi connectivity index (χ3v) is 3.24. The molecule has 0 aliphatic heterocycles. The van der Waals surface area contributed by atoms with E-state index in [4.69, 9.17) is 4.52 Å². The molecule has 3 rings (SSSR count). The maximum Gasteiger partial charge on any atom is 0.228 e. The van der Waals surface area contributed by atoms with Crippen LogP contribution in [0.5, 0.6) is 0 Å². The molecule has 6 nitrogen and oxygen atoms in total. The largest absolute Gasteiger partial charge is 0.361 e. The minimum absolute atomic E-state index is 0.0951. The average Bonchev–Trinajstić information content (AvgIpc) is 3.00. The standard InChI is InChI=1S/C14H14N4O2/c1-8-12(9(2)20-18-8)6-14(19)16-11-3-4-13-10(5-11)7-15-17-13/h3-5,7H,6H2,1-2H3,(H,15,17)(H,16,19). The first kappa shape index (κ1) is 12.4. The molecule has 2 heterocycles. The highest BCUT2D eigenvalue weighted by Crippen LogP contribution is 2.18. The molecule has 0 unspecified atom stereocenters. The fraction of sp³-hybridized carbons (Fsp3) is 0.214. The predicted octanol–water partition coefficient (Wildman–Crippen LogP) is 2.35. The Bertz CT molecular complexity index is 753. The zero-order chi connectivity index (χ0) is 14.1. The number of amides is 1. The summed E-state index contributed by atoms with van der Waals surface area (Å²) in [6, 6.07) is 5.60. The highest BCUT2D eigenvalue weighted by molar-refractivity contribution is 5.94. The van der Waals surface area contributed by atoms with Gasteiger partial charge in [0.2, 0.25) is 5.91 Å². The Morgan fingerprint density at radius 3 is 3.00 bits per heavy atom. The van der Waals surface area contributed by atoms with Crippen LogP contribution in [0, 0.1) is 13.8 Å². The van der Waals surface area contributed by atoms with Gasteiger partial charge in [0.15, 0.2) is 0 Å². The van der Waals surface area contributed by atoms with Crippen molar-refractivity contribution in [3.8, 4) is 0 Å². The molecule has 1 amide bonds. The van der Waals surface area contributed by atoms with E-state index in [0.29, 0.717) is 5.76 Å². The highest BCUT2D eigenvalue weighted by atomic mass is 16.5. The van der Waals surface area contributed by atoms with Gasteiger partial charge < -0.3 is 9.84 Å². The van der Waals surface area contributed by atoms with Gasteiger partial charge in [-0.05, 0) is 32.0 Å². The molecule has 0 fully saturated rings. The lowest BCUT2D eigenvalue weighted by atomic mass is 10.1. The predicted molar refractivity (Wildman–Crippen MR) is 74.4 cm³/mol. The molecule has 0 spiro atoms. The number of aromatic amines is 1. The number of anilines is 1. The van der Waals surface area contributed by atoms with Crippen LogP contribution >= 0.6 is 0 Å². The number of aryl methyl sites for hydroxylation is 2. The Labute approximate surface area is 115 Å². The minimum Gasteiger partial charge on any atom is -0.361 e. The van der Waals surface area contributed by atoms with Crippen LogP contribution in [0.15, 0.2) is 28.9 Å². The number of aromatic nitrogens is 3. The molecule has 1 aromatic carbocycles. The number of nitrogens with zero attached hydrogens (tertiary/aromatic N) is 2. The van der Waals surface area contributed by atoms with Crippen molar-refractivity contribution in [3.05, 3.63) is 41.4 Å². The Kier molecular flexibility index (Phi) is 2.98. The van der Waals surface area contributed by atoms with E-state index in [0.717, 1.165) is 27.8 Å². The highest BCUT2D eigenvalue weighted by Gasteiger charge is 2.13. The first-order chi connectivity index (χ1) is 9.63. The summed E-state index contributed by atoms with van der Waals surface area (Å²) in [6.45, 7) is 3.64. The van der Waals surface area contributed by atoms with Crippen molar-refractivity contribution in [2.45, 2.75) is 20.3 Å². The third kappa shape index (κ3) is 2.27. The van der Waals surface area contributed by atoms with Crippen molar-refractivity contribution in [2.75, 3.05) is 5.32 Å². The SMILES string of the molecule is Cc1noc(C)c1CC(=O)Nc1ccc2[nH]ncc2c1. The smallest absolute Gasteiger partial charge is 0.228 e. The average molecular weight is 270 g/mol. The molecule has 2 N–H and O–H groups in total. The summed E-state index contributed by atoms with van der Waals surface area (Å²) < 4.78 is 5.05. The zero-order valence-electron chi connectivity index (χ0n) is 11.2. The summed E-state index contributed by atoms with van der Waals surface area (Å²) >= 11 is 0. The summed E-state index contributed by atoms with van der Waals surface area (Å²) in [5.41, 5.74) is 3.28. The molecule has 0 atom stereocenters. The quantitative estimate of drug-likeness (QED) is 0.765. The van der Waals surface area contributed by atoms with Gasteiger partial charge in [0.1, 0.15) is 5.76 Å². The molecular formula is C14H14N4O2. The fourth-order valence-electron chi connectivity index (χ4n) is 2.14. The molecule has 0 aliphatic rings. The molecule has 20 heavy (non-hydrogen) atoms. The molecule has 0 saturated carbocycles. The van der Waals surface area contributed by atoms with Crippen LogP contribution in [0.25, 0.3) is 10.9 Å². The van der Waals surface area contributed by atoms with Crippen LogP contribution in [0.4, 0.5) is 5.69 Å². The maximum atomic E-state index is 12.1. The van der Waals surface area contributed by atoms with Crippen molar-refractivity contribution < 1.29 is 9.32 Å². The molecule has 0 saturated heterocycles. The lowest BCUT2D eigenvalue weighted by Gasteiger charge is -2.05. The van der Waals surface area contributed by atoms with E-state index in [1.54, 1.807) is 13.1 Å². The van der Waals surface area contributed by atoms with Crippen LogP contribution in [-0.2, 0) is 11.2 Å². The van der Waals surface area contributed by atoms with Gasteiger partial charge in [0.25, 0.3) is 0 Å². The van der Waals surface area contributed by atoms with Gasteiger partial charge in [-0.3, -0.25) is 9.89 Å². The number of nitrogens with one attached hydrogen (secondary N) is 2. The molecule has 2 aromatic heterocycles. The summed E-state index contributed by atoms with van der Waals surface area (Å²) in [5, 5.41) is 14.5. The summed E-state index contributed by atoms with van der Waals surface area (Å²) in [7, 11) is 0. The molecule has 102 valence electrons. The number of H-pyrrole nitrogens is 1. The summed E-state index contributed by atoms with van der Waals surface area (Å²) in [4.78, 5) is 12.1. The second-order valence-electron chi connectivity index (χ2n) is 4.70. The number of fused-ring (bicyclic) bond motifs is 1. The maximum absolute atomic E-state index is 12.1. The van der Waals surface area contributed by atoms with Crippen molar-refractivity contribution in [3.63, 3.8) is 0 Å². The molecule has 0 radical (unpaired) electrons. The molecule has 6 heteroatoms. The Morgan fingerprint density at radius 2 is 2.25 bits per heavy atom. The Hall–Kier alpha value is -2.63. The normalized spacial score (nSPS) is 10.9. The van der Waals surface area contributed by atoms with Gasteiger partial charge in [-0.15, -0.1) is 0 Å². The van der Waals surface area contributed by atoms with Gasteiger partial charge in [-0.2, -0.15) is 5.10 Å².